The first-order chi connectivity index (χ1) is 16.4. The van der Waals surface area contributed by atoms with Crippen LogP contribution >= 0.6 is 0 Å². The Kier molecular flexibility index (Phi) is 7.15. The molecule has 1 aromatic carbocycles. The molecule has 2 aromatic heterocycles. The van der Waals surface area contributed by atoms with Gasteiger partial charge in [-0.3, -0.25) is 9.78 Å². The summed E-state index contributed by atoms with van der Waals surface area (Å²) < 4.78 is 13.3. The fraction of sp³-hybridized carbons (Fsp3) is 0.375. The van der Waals surface area contributed by atoms with Gasteiger partial charge in [-0.2, -0.15) is 9.97 Å². The molecule has 34 heavy (non-hydrogen) atoms. The van der Waals surface area contributed by atoms with Gasteiger partial charge in [0.05, 0.1) is 18.2 Å². The number of carboxylic acid groups (broad SMARTS) is 1. The molecule has 0 spiro atoms. The Bertz CT molecular complexity index is 1110. The van der Waals surface area contributed by atoms with Gasteiger partial charge in [-0.25, -0.2) is 9.37 Å². The number of benzene rings is 1. The molecule has 1 aliphatic heterocycles. The van der Waals surface area contributed by atoms with Crippen LogP contribution in [0.1, 0.15) is 44.7 Å². The van der Waals surface area contributed by atoms with Crippen molar-refractivity contribution in [3.05, 3.63) is 60.3 Å². The van der Waals surface area contributed by atoms with Crippen LogP contribution in [0.25, 0.3) is 0 Å². The summed E-state index contributed by atoms with van der Waals surface area (Å²) in [5.74, 6) is 0.787. The lowest BCUT2D eigenvalue weighted by molar-refractivity contribution is -0.142. The first-order valence-electron chi connectivity index (χ1n) is 11.4. The molecule has 178 valence electrons. The Morgan fingerprint density at radius 2 is 2.03 bits per heavy atom. The number of carboxylic acids is 1. The Morgan fingerprint density at radius 1 is 1.24 bits per heavy atom. The molecule has 0 saturated carbocycles. The number of nitrogens with zero attached hydrogens (tertiary/aromatic N) is 5. The van der Waals surface area contributed by atoms with Crippen LogP contribution in [0.3, 0.4) is 0 Å². The Balaban J connectivity index is 1.64. The summed E-state index contributed by atoms with van der Waals surface area (Å²) in [7, 11) is 0. The lowest BCUT2D eigenvalue weighted by atomic mass is 9.89. The van der Waals surface area contributed by atoms with Crippen LogP contribution in [0.15, 0.2) is 48.9 Å². The van der Waals surface area contributed by atoms with Gasteiger partial charge < -0.3 is 20.6 Å². The number of rotatable bonds is 8. The number of aliphatic carboxylic acids is 1. The van der Waals surface area contributed by atoms with Crippen LogP contribution in [0.5, 0.6) is 0 Å². The van der Waals surface area contributed by atoms with Crippen molar-refractivity contribution in [1.29, 1.82) is 0 Å². The molecule has 3 N–H and O–H groups in total. The van der Waals surface area contributed by atoms with Gasteiger partial charge in [0.25, 0.3) is 0 Å². The summed E-state index contributed by atoms with van der Waals surface area (Å²) in [6, 6.07) is 8.01. The maximum Gasteiger partial charge on any atom is 0.306 e. The fourth-order valence-electron chi connectivity index (χ4n) is 4.20. The van der Waals surface area contributed by atoms with Crippen molar-refractivity contribution in [2.45, 2.75) is 45.2 Å². The van der Waals surface area contributed by atoms with Crippen LogP contribution in [-0.2, 0) is 4.79 Å². The smallest absolute Gasteiger partial charge is 0.306 e. The highest BCUT2D eigenvalue weighted by molar-refractivity contribution is 5.70. The van der Waals surface area contributed by atoms with E-state index in [1.165, 1.54) is 12.1 Å². The zero-order chi connectivity index (χ0) is 24.1. The monoisotopic (exact) mass is 465 g/mol. The summed E-state index contributed by atoms with van der Waals surface area (Å²) in [5.41, 5.74) is 0.896. The number of hydrogen-bond donors (Lipinski definition) is 3. The second kappa shape index (κ2) is 10.4. The number of carbonyl (C=O) groups is 1. The van der Waals surface area contributed by atoms with Crippen LogP contribution < -0.4 is 15.5 Å². The molecular weight excluding hydrogens is 437 g/mol. The largest absolute Gasteiger partial charge is 0.481 e. The zero-order valence-electron chi connectivity index (χ0n) is 19.1. The minimum Gasteiger partial charge on any atom is -0.481 e. The minimum absolute atomic E-state index is 0.0523. The van der Waals surface area contributed by atoms with E-state index >= 15 is 0 Å². The summed E-state index contributed by atoms with van der Waals surface area (Å²) in [6.45, 7) is 4.59. The fourth-order valence-corrected chi connectivity index (χ4v) is 4.20. The molecule has 1 aliphatic rings. The molecular formula is C24H28FN7O2. The topological polar surface area (TPSA) is 116 Å². The minimum atomic E-state index is -0.749. The predicted molar refractivity (Wildman–Crippen MR) is 128 cm³/mol. The average molecular weight is 466 g/mol. The first kappa shape index (κ1) is 23.3. The summed E-state index contributed by atoms with van der Waals surface area (Å²) >= 11 is 0. The summed E-state index contributed by atoms with van der Waals surface area (Å²) in [5, 5.41) is 16.0. The van der Waals surface area contributed by atoms with Gasteiger partial charge >= 0.3 is 5.97 Å². The van der Waals surface area contributed by atoms with Gasteiger partial charge in [0.15, 0.2) is 0 Å². The number of anilines is 4. The van der Waals surface area contributed by atoms with Gasteiger partial charge in [0.1, 0.15) is 23.3 Å². The molecule has 10 heteroatoms. The van der Waals surface area contributed by atoms with Crippen LogP contribution in [0.2, 0.25) is 0 Å². The van der Waals surface area contributed by atoms with Crippen LogP contribution in [0, 0.1) is 11.7 Å². The molecule has 1 saturated heterocycles. The molecule has 4 rings (SSSR count). The molecule has 3 aromatic rings. The molecule has 0 bridgehead atoms. The third kappa shape index (κ3) is 5.56. The van der Waals surface area contributed by atoms with E-state index in [2.05, 4.69) is 37.4 Å². The SMILES string of the molecule is CCC1CC(C(=O)O)CCN1c1cc(Nc2cnccn2)nc(NC(C)c2ccc(F)cc2)n1. The van der Waals surface area contributed by atoms with Crippen molar-refractivity contribution in [1.82, 2.24) is 19.9 Å². The third-order valence-corrected chi connectivity index (χ3v) is 6.08. The molecule has 0 amide bonds. The van der Waals surface area contributed by atoms with E-state index < -0.39 is 5.97 Å². The lowest BCUT2D eigenvalue weighted by Gasteiger charge is -2.39. The van der Waals surface area contributed by atoms with Gasteiger partial charge in [0.2, 0.25) is 5.95 Å². The molecule has 0 radical (unpaired) electrons. The van der Waals surface area contributed by atoms with E-state index in [1.54, 1.807) is 30.7 Å². The number of piperidine rings is 1. The van der Waals surface area contributed by atoms with E-state index in [1.807, 2.05) is 13.0 Å². The Morgan fingerprint density at radius 3 is 2.71 bits per heavy atom. The second-order valence-electron chi connectivity index (χ2n) is 8.38. The third-order valence-electron chi connectivity index (χ3n) is 6.08. The number of aromatic nitrogens is 4. The maximum absolute atomic E-state index is 13.3. The highest BCUT2D eigenvalue weighted by Crippen LogP contribution is 2.31. The Hall–Kier alpha value is -3.82. The molecule has 9 nitrogen and oxygen atoms in total. The molecule has 3 unspecified atom stereocenters. The van der Waals surface area contributed by atoms with E-state index in [-0.39, 0.29) is 23.8 Å². The van der Waals surface area contributed by atoms with Gasteiger partial charge in [-0.05, 0) is 43.9 Å². The standard InChI is InChI=1S/C24H28FN7O2/c1-3-19-12-17(23(33)34)8-11-32(19)22-13-20(29-21-14-26-9-10-27-21)30-24(31-22)28-15(2)16-4-6-18(25)7-5-16/h4-7,9-10,13-15,17,19H,3,8,11-12H2,1-2H3,(H,33,34)(H2,27,28,29,30,31). The number of nitrogens with one attached hydrogen (secondary N) is 2. The van der Waals surface area contributed by atoms with Crippen molar-refractivity contribution >= 4 is 29.4 Å². The average Bonchev–Trinajstić information content (AvgIpc) is 2.84. The van der Waals surface area contributed by atoms with E-state index in [0.717, 1.165) is 12.0 Å². The van der Waals surface area contributed by atoms with Gasteiger partial charge in [-0.15, -0.1) is 0 Å². The molecule has 3 heterocycles. The first-order valence-corrected chi connectivity index (χ1v) is 11.4. The quantitative estimate of drug-likeness (QED) is 0.445. The highest BCUT2D eigenvalue weighted by atomic mass is 19.1. The normalized spacial score (nSPS) is 18.9. The van der Waals surface area contributed by atoms with Crippen molar-refractivity contribution in [2.75, 3.05) is 22.1 Å². The predicted octanol–water partition coefficient (Wildman–Crippen LogP) is 4.40. The maximum atomic E-state index is 13.3. The van der Waals surface area contributed by atoms with Crippen LogP contribution in [-0.4, -0.2) is 43.6 Å². The molecule has 0 aliphatic carbocycles. The second-order valence-corrected chi connectivity index (χ2v) is 8.38. The highest BCUT2D eigenvalue weighted by Gasteiger charge is 2.32. The van der Waals surface area contributed by atoms with Gasteiger partial charge in [-0.1, -0.05) is 19.1 Å². The molecule has 3 atom stereocenters. The van der Waals surface area contributed by atoms with E-state index in [0.29, 0.717) is 42.8 Å². The van der Waals surface area contributed by atoms with Crippen molar-refractivity contribution < 1.29 is 14.3 Å². The van der Waals surface area contributed by atoms with Crippen molar-refractivity contribution in [3.63, 3.8) is 0 Å². The van der Waals surface area contributed by atoms with E-state index in [9.17, 15) is 14.3 Å². The van der Waals surface area contributed by atoms with Crippen molar-refractivity contribution in [2.24, 2.45) is 5.92 Å². The van der Waals surface area contributed by atoms with E-state index in [4.69, 9.17) is 4.98 Å². The summed E-state index contributed by atoms with van der Waals surface area (Å²) in [4.78, 5) is 31.4. The van der Waals surface area contributed by atoms with Crippen molar-refractivity contribution in [3.8, 4) is 0 Å². The number of hydrogen-bond acceptors (Lipinski definition) is 8. The molecule has 1 fully saturated rings. The number of halogens is 1. The summed E-state index contributed by atoms with van der Waals surface area (Å²) in [6.07, 6.45) is 6.70. The van der Waals surface area contributed by atoms with Crippen LogP contribution in [0.4, 0.5) is 27.8 Å². The lowest BCUT2D eigenvalue weighted by Crippen LogP contribution is -2.44. The zero-order valence-corrected chi connectivity index (χ0v) is 19.1. The Labute approximate surface area is 197 Å². The van der Waals surface area contributed by atoms with Gasteiger partial charge in [0, 0.05) is 31.0 Å².